The first-order valence-corrected chi connectivity index (χ1v) is 9.53. The Hall–Kier alpha value is -2.80. The topological polar surface area (TPSA) is 49.2 Å². The number of hydrogen-bond donors (Lipinski definition) is 0. The Morgan fingerprint density at radius 1 is 1.15 bits per heavy atom. The quantitative estimate of drug-likeness (QED) is 0.466. The van der Waals surface area contributed by atoms with Gasteiger partial charge in [-0.2, -0.15) is 0 Å². The summed E-state index contributed by atoms with van der Waals surface area (Å²) < 4.78 is 26.9. The summed E-state index contributed by atoms with van der Waals surface area (Å²) in [6, 6.07) is 14.0. The van der Waals surface area contributed by atoms with Crippen molar-refractivity contribution in [1.82, 2.24) is 14.8 Å². The molecule has 0 unspecified atom stereocenters. The van der Waals surface area contributed by atoms with E-state index in [-0.39, 0.29) is 11.9 Å². The van der Waals surface area contributed by atoms with Crippen LogP contribution in [0.15, 0.2) is 66.3 Å². The first-order valence-electron chi connectivity index (χ1n) is 8.54. The minimum Gasteiger partial charge on any atom is -0.485 e. The van der Waals surface area contributed by atoms with Gasteiger partial charge < -0.3 is 9.47 Å². The molecule has 7 heteroatoms. The van der Waals surface area contributed by atoms with Crippen molar-refractivity contribution in [3.8, 4) is 11.5 Å². The summed E-state index contributed by atoms with van der Waals surface area (Å²) in [6.07, 6.45) is 1.46. The Bertz CT molecular complexity index is 943. The van der Waals surface area contributed by atoms with E-state index in [9.17, 15) is 4.39 Å². The van der Waals surface area contributed by atoms with E-state index in [0.717, 1.165) is 16.5 Å². The normalized spacial score (nSPS) is 15.5. The standard InChI is InChI=1S/C20H18FN3O2S/c1-2-11-24-19(18-12-25-16-5-3-4-6-17(16)26-18)22-23-20(24)27-13-14-7-9-15(21)10-8-14/h2-10,18H,1,11-13H2/t18-/m1/s1. The lowest BCUT2D eigenvalue weighted by molar-refractivity contribution is 0.0821. The van der Waals surface area contributed by atoms with Gasteiger partial charge in [0.2, 0.25) is 0 Å². The molecule has 0 saturated carbocycles. The van der Waals surface area contributed by atoms with Gasteiger partial charge in [0.1, 0.15) is 12.4 Å². The molecule has 27 heavy (non-hydrogen) atoms. The predicted octanol–water partition coefficient (Wildman–Crippen LogP) is 4.41. The van der Waals surface area contributed by atoms with E-state index in [2.05, 4.69) is 16.8 Å². The highest BCUT2D eigenvalue weighted by Gasteiger charge is 2.28. The number of rotatable bonds is 6. The molecule has 2 aromatic carbocycles. The highest BCUT2D eigenvalue weighted by molar-refractivity contribution is 7.98. The third-order valence-corrected chi connectivity index (χ3v) is 5.17. The molecule has 0 radical (unpaired) electrons. The van der Waals surface area contributed by atoms with Crippen LogP contribution in [-0.4, -0.2) is 21.4 Å². The number of ether oxygens (including phenoxy) is 2. The van der Waals surface area contributed by atoms with Gasteiger partial charge in [0.25, 0.3) is 0 Å². The third-order valence-electron chi connectivity index (χ3n) is 4.13. The van der Waals surface area contributed by atoms with Crippen LogP contribution in [0.4, 0.5) is 4.39 Å². The Morgan fingerprint density at radius 3 is 2.70 bits per heavy atom. The Kier molecular flexibility index (Phi) is 5.11. The van der Waals surface area contributed by atoms with E-state index < -0.39 is 0 Å². The van der Waals surface area contributed by atoms with Crippen LogP contribution in [0.25, 0.3) is 0 Å². The molecule has 0 N–H and O–H groups in total. The van der Waals surface area contributed by atoms with Gasteiger partial charge in [0.15, 0.2) is 28.6 Å². The zero-order chi connectivity index (χ0) is 18.6. The van der Waals surface area contributed by atoms with Crippen molar-refractivity contribution in [1.29, 1.82) is 0 Å². The van der Waals surface area contributed by atoms with Crippen molar-refractivity contribution < 1.29 is 13.9 Å². The van der Waals surface area contributed by atoms with Gasteiger partial charge in [0.05, 0.1) is 0 Å². The van der Waals surface area contributed by atoms with Crippen molar-refractivity contribution in [3.05, 3.63) is 78.4 Å². The smallest absolute Gasteiger partial charge is 0.192 e. The van der Waals surface area contributed by atoms with Crippen LogP contribution in [0.1, 0.15) is 17.5 Å². The molecule has 5 nitrogen and oxygen atoms in total. The number of allylic oxidation sites excluding steroid dienone is 1. The molecule has 1 atom stereocenters. The van der Waals surface area contributed by atoms with Crippen LogP contribution in [0.3, 0.4) is 0 Å². The fourth-order valence-electron chi connectivity index (χ4n) is 2.82. The number of para-hydroxylation sites is 2. The number of halogens is 1. The summed E-state index contributed by atoms with van der Waals surface area (Å²) in [4.78, 5) is 0. The lowest BCUT2D eigenvalue weighted by Crippen LogP contribution is -2.25. The first kappa shape index (κ1) is 17.6. The van der Waals surface area contributed by atoms with Gasteiger partial charge in [-0.05, 0) is 29.8 Å². The largest absolute Gasteiger partial charge is 0.485 e. The highest BCUT2D eigenvalue weighted by Crippen LogP contribution is 2.36. The number of thioether (sulfide) groups is 1. The van der Waals surface area contributed by atoms with Gasteiger partial charge in [-0.25, -0.2) is 4.39 Å². The van der Waals surface area contributed by atoms with E-state index >= 15 is 0 Å². The minimum absolute atomic E-state index is 0.240. The van der Waals surface area contributed by atoms with Crippen molar-refractivity contribution in [2.24, 2.45) is 0 Å². The van der Waals surface area contributed by atoms with E-state index in [1.165, 1.54) is 23.9 Å². The Balaban J connectivity index is 1.54. The Morgan fingerprint density at radius 2 is 1.93 bits per heavy atom. The van der Waals surface area contributed by atoms with E-state index in [1.54, 1.807) is 18.2 Å². The maximum atomic E-state index is 13.1. The summed E-state index contributed by atoms with van der Waals surface area (Å²) in [5.74, 6) is 2.55. The van der Waals surface area contributed by atoms with Crippen LogP contribution in [0.2, 0.25) is 0 Å². The van der Waals surface area contributed by atoms with E-state index in [0.29, 0.717) is 30.5 Å². The molecular formula is C20H18FN3O2S. The first-order chi connectivity index (χ1) is 13.2. The number of hydrogen-bond acceptors (Lipinski definition) is 5. The van der Waals surface area contributed by atoms with Crippen LogP contribution in [0, 0.1) is 5.82 Å². The van der Waals surface area contributed by atoms with Gasteiger partial charge in [-0.1, -0.05) is 42.1 Å². The SMILES string of the molecule is C=CCn1c(SCc2ccc(F)cc2)nnc1[C@H]1COc2ccccc2O1. The zero-order valence-corrected chi connectivity index (χ0v) is 15.4. The zero-order valence-electron chi connectivity index (χ0n) is 14.5. The highest BCUT2D eigenvalue weighted by atomic mass is 32.2. The lowest BCUT2D eigenvalue weighted by Gasteiger charge is -2.26. The molecule has 1 aliphatic rings. The molecule has 0 amide bonds. The van der Waals surface area contributed by atoms with Gasteiger partial charge >= 0.3 is 0 Å². The summed E-state index contributed by atoms with van der Waals surface area (Å²) in [6.45, 7) is 4.76. The molecule has 0 bridgehead atoms. The average molecular weight is 383 g/mol. The van der Waals surface area contributed by atoms with Gasteiger partial charge in [-0.3, -0.25) is 4.57 Å². The van der Waals surface area contributed by atoms with Crippen molar-refractivity contribution in [3.63, 3.8) is 0 Å². The molecule has 4 rings (SSSR count). The summed E-state index contributed by atoms with van der Waals surface area (Å²) in [7, 11) is 0. The monoisotopic (exact) mass is 383 g/mol. The number of benzene rings is 2. The van der Waals surface area contributed by atoms with Crippen molar-refractivity contribution in [2.45, 2.75) is 23.6 Å². The maximum absolute atomic E-state index is 13.1. The third kappa shape index (κ3) is 3.83. The molecule has 0 fully saturated rings. The summed E-state index contributed by atoms with van der Waals surface area (Å²) >= 11 is 1.54. The molecule has 0 saturated heterocycles. The maximum Gasteiger partial charge on any atom is 0.192 e. The Labute approximate surface area is 160 Å². The van der Waals surface area contributed by atoms with Crippen molar-refractivity contribution >= 4 is 11.8 Å². The van der Waals surface area contributed by atoms with E-state index in [1.807, 2.05) is 28.8 Å². The molecule has 1 aromatic heterocycles. The lowest BCUT2D eigenvalue weighted by atomic mass is 10.2. The van der Waals surface area contributed by atoms with Crippen LogP contribution >= 0.6 is 11.8 Å². The van der Waals surface area contributed by atoms with Crippen LogP contribution < -0.4 is 9.47 Å². The fraction of sp³-hybridized carbons (Fsp3) is 0.200. The van der Waals surface area contributed by atoms with Crippen LogP contribution in [0.5, 0.6) is 11.5 Å². The average Bonchev–Trinajstić information content (AvgIpc) is 3.10. The molecule has 3 aromatic rings. The molecule has 138 valence electrons. The van der Waals surface area contributed by atoms with Crippen LogP contribution in [-0.2, 0) is 12.3 Å². The molecule has 0 spiro atoms. The second-order valence-electron chi connectivity index (χ2n) is 6.02. The van der Waals surface area contributed by atoms with E-state index in [4.69, 9.17) is 9.47 Å². The molecule has 2 heterocycles. The number of nitrogens with zero attached hydrogens (tertiary/aromatic N) is 3. The fourth-order valence-corrected chi connectivity index (χ4v) is 3.73. The number of aromatic nitrogens is 3. The second-order valence-corrected chi connectivity index (χ2v) is 6.96. The molecule has 0 aliphatic carbocycles. The second kappa shape index (κ2) is 7.84. The van der Waals surface area contributed by atoms with Gasteiger partial charge in [0, 0.05) is 12.3 Å². The number of fused-ring (bicyclic) bond motifs is 1. The minimum atomic E-state index is -0.340. The van der Waals surface area contributed by atoms with Crippen molar-refractivity contribution in [2.75, 3.05) is 6.61 Å². The summed E-state index contributed by atoms with van der Waals surface area (Å²) in [5, 5.41) is 9.41. The predicted molar refractivity (Wildman–Crippen MR) is 101 cm³/mol. The molecule has 1 aliphatic heterocycles. The summed E-state index contributed by atoms with van der Waals surface area (Å²) in [5.41, 5.74) is 1.02. The molecular weight excluding hydrogens is 365 g/mol. The van der Waals surface area contributed by atoms with Gasteiger partial charge in [-0.15, -0.1) is 16.8 Å².